The van der Waals surface area contributed by atoms with Gasteiger partial charge in [-0.15, -0.1) is 0 Å². The molecule has 1 N–H and O–H groups in total. The van der Waals surface area contributed by atoms with E-state index in [1.54, 1.807) is 18.2 Å². The van der Waals surface area contributed by atoms with E-state index in [0.717, 1.165) is 19.3 Å². The molecule has 1 aromatic rings. The van der Waals surface area contributed by atoms with Gasteiger partial charge in [-0.3, -0.25) is 4.79 Å². The molecule has 0 radical (unpaired) electrons. The van der Waals surface area contributed by atoms with Gasteiger partial charge in [0.2, 0.25) is 5.91 Å². The third-order valence-electron chi connectivity index (χ3n) is 4.85. The third kappa shape index (κ3) is 2.79. The van der Waals surface area contributed by atoms with Gasteiger partial charge < -0.3 is 10.0 Å². The van der Waals surface area contributed by atoms with Crippen molar-refractivity contribution in [1.29, 1.82) is 0 Å². The fourth-order valence-corrected chi connectivity index (χ4v) is 4.09. The summed E-state index contributed by atoms with van der Waals surface area (Å²) < 4.78 is 0. The van der Waals surface area contributed by atoms with Crippen molar-refractivity contribution < 1.29 is 9.90 Å². The van der Waals surface area contributed by atoms with Gasteiger partial charge in [-0.25, -0.2) is 0 Å². The molecule has 1 aliphatic carbocycles. The Labute approximate surface area is 134 Å². The monoisotopic (exact) mass is 327 g/mol. The number of benzene rings is 1. The Morgan fingerprint density at radius 3 is 2.57 bits per heavy atom. The molecule has 0 aromatic heterocycles. The van der Waals surface area contributed by atoms with Crippen molar-refractivity contribution in [2.45, 2.75) is 50.2 Å². The van der Waals surface area contributed by atoms with Crippen molar-refractivity contribution >= 4 is 29.1 Å². The zero-order chi connectivity index (χ0) is 15.0. The minimum atomic E-state index is -0.279. The van der Waals surface area contributed by atoms with Gasteiger partial charge in [-0.2, -0.15) is 0 Å². The maximum Gasteiger partial charge on any atom is 0.227 e. The van der Waals surface area contributed by atoms with Crippen molar-refractivity contribution in [2.75, 3.05) is 6.54 Å². The number of amides is 1. The first-order valence-corrected chi connectivity index (χ1v) is 8.19. The normalized spacial score (nSPS) is 24.0. The lowest BCUT2D eigenvalue weighted by Gasteiger charge is -2.54. The summed E-state index contributed by atoms with van der Waals surface area (Å²) in [6, 6.07) is 5.30. The molecule has 3 rings (SSSR count). The molecule has 1 atom stereocenters. The maximum atomic E-state index is 12.7. The van der Waals surface area contributed by atoms with Gasteiger partial charge in [0.05, 0.1) is 12.5 Å². The minimum absolute atomic E-state index is 0.0663. The first-order valence-electron chi connectivity index (χ1n) is 7.43. The van der Waals surface area contributed by atoms with E-state index in [2.05, 4.69) is 0 Å². The molecule has 21 heavy (non-hydrogen) atoms. The van der Waals surface area contributed by atoms with Gasteiger partial charge in [0, 0.05) is 22.1 Å². The quantitative estimate of drug-likeness (QED) is 0.903. The average molecular weight is 328 g/mol. The zero-order valence-corrected chi connectivity index (χ0v) is 13.3. The van der Waals surface area contributed by atoms with Crippen LogP contribution in [0.4, 0.5) is 0 Å². The minimum Gasteiger partial charge on any atom is -0.393 e. The van der Waals surface area contributed by atoms with Crippen LogP contribution in [0.2, 0.25) is 10.0 Å². The van der Waals surface area contributed by atoms with E-state index in [0.29, 0.717) is 35.0 Å². The molecular weight excluding hydrogens is 309 g/mol. The van der Waals surface area contributed by atoms with Gasteiger partial charge >= 0.3 is 0 Å². The fraction of sp³-hybridized carbons (Fsp3) is 0.562. The standard InChI is InChI=1S/C16H19Cl2NO2/c17-13-3-1-4-14(18)12(13)9-15(21)19-8-5-11(20)10-16(19)6-2-7-16/h1,3-4,11,20H,2,5-10H2. The molecule has 1 heterocycles. The van der Waals surface area contributed by atoms with Crippen LogP contribution >= 0.6 is 23.2 Å². The Morgan fingerprint density at radius 1 is 1.33 bits per heavy atom. The molecule has 2 fully saturated rings. The number of aliphatic hydroxyl groups is 1. The molecule has 5 heteroatoms. The van der Waals surface area contributed by atoms with Gasteiger partial charge in [0.1, 0.15) is 0 Å². The Morgan fingerprint density at radius 2 is 2.00 bits per heavy atom. The summed E-state index contributed by atoms with van der Waals surface area (Å²) in [7, 11) is 0. The Hall–Kier alpha value is -0.770. The molecule has 1 amide bonds. The van der Waals surface area contributed by atoms with E-state index >= 15 is 0 Å². The second kappa shape index (κ2) is 5.79. The Bertz CT molecular complexity index is 537. The highest BCUT2D eigenvalue weighted by molar-refractivity contribution is 6.36. The van der Waals surface area contributed by atoms with E-state index in [9.17, 15) is 9.90 Å². The molecule has 2 aliphatic rings. The predicted molar refractivity (Wildman–Crippen MR) is 83.7 cm³/mol. The van der Waals surface area contributed by atoms with Gasteiger partial charge in [0.15, 0.2) is 0 Å². The summed E-state index contributed by atoms with van der Waals surface area (Å²) in [4.78, 5) is 14.7. The lowest BCUT2D eigenvalue weighted by Crippen LogP contribution is -2.61. The van der Waals surface area contributed by atoms with Gasteiger partial charge in [0.25, 0.3) is 0 Å². The second-order valence-electron chi connectivity index (χ2n) is 6.15. The van der Waals surface area contributed by atoms with Crippen LogP contribution in [-0.4, -0.2) is 34.1 Å². The Balaban J connectivity index is 1.79. The number of aliphatic hydroxyl groups excluding tert-OH is 1. The van der Waals surface area contributed by atoms with Crippen LogP contribution in [0, 0.1) is 0 Å². The molecular formula is C16H19Cl2NO2. The van der Waals surface area contributed by atoms with Crippen LogP contribution in [0.25, 0.3) is 0 Å². The lowest BCUT2D eigenvalue weighted by atomic mass is 9.69. The molecule has 1 saturated carbocycles. The summed E-state index contributed by atoms with van der Waals surface area (Å²) in [6.07, 6.45) is 4.43. The number of likely N-dealkylation sites (tertiary alicyclic amines) is 1. The van der Waals surface area contributed by atoms with Crippen molar-refractivity contribution in [2.24, 2.45) is 0 Å². The van der Waals surface area contributed by atoms with E-state index in [1.807, 2.05) is 4.90 Å². The number of nitrogens with zero attached hydrogens (tertiary/aromatic N) is 1. The summed E-state index contributed by atoms with van der Waals surface area (Å²) in [5, 5.41) is 11.0. The van der Waals surface area contributed by atoms with Gasteiger partial charge in [-0.1, -0.05) is 29.3 Å². The summed E-state index contributed by atoms with van der Waals surface area (Å²) in [6.45, 7) is 0.627. The molecule has 1 aliphatic heterocycles. The van der Waals surface area contributed by atoms with Crippen LogP contribution in [-0.2, 0) is 11.2 Å². The van der Waals surface area contributed by atoms with E-state index in [4.69, 9.17) is 23.2 Å². The molecule has 1 unspecified atom stereocenters. The number of hydrogen-bond acceptors (Lipinski definition) is 2. The fourth-order valence-electron chi connectivity index (χ4n) is 3.56. The average Bonchev–Trinajstić information content (AvgIpc) is 2.41. The highest BCUT2D eigenvalue weighted by atomic mass is 35.5. The van der Waals surface area contributed by atoms with Crippen LogP contribution in [0.3, 0.4) is 0 Å². The largest absolute Gasteiger partial charge is 0.393 e. The van der Waals surface area contributed by atoms with E-state index in [-0.39, 0.29) is 24.0 Å². The Kier molecular flexibility index (Phi) is 4.17. The summed E-state index contributed by atoms with van der Waals surface area (Å²) >= 11 is 12.3. The highest BCUT2D eigenvalue weighted by Crippen LogP contribution is 2.44. The van der Waals surface area contributed by atoms with E-state index in [1.165, 1.54) is 0 Å². The van der Waals surface area contributed by atoms with Crippen LogP contribution < -0.4 is 0 Å². The second-order valence-corrected chi connectivity index (χ2v) is 6.96. The maximum absolute atomic E-state index is 12.7. The number of carbonyl (C=O) groups is 1. The molecule has 1 saturated heterocycles. The SMILES string of the molecule is O=C(Cc1c(Cl)cccc1Cl)N1CCC(O)CC12CCC2. The van der Waals surface area contributed by atoms with Gasteiger partial charge in [-0.05, 0) is 49.8 Å². The smallest absolute Gasteiger partial charge is 0.227 e. The molecule has 3 nitrogen and oxygen atoms in total. The number of rotatable bonds is 2. The summed E-state index contributed by atoms with van der Waals surface area (Å²) in [5.74, 6) is 0.0663. The topological polar surface area (TPSA) is 40.5 Å². The predicted octanol–water partition coefficient (Wildman–Crippen LogP) is 3.44. The van der Waals surface area contributed by atoms with Crippen molar-refractivity contribution in [1.82, 2.24) is 4.90 Å². The highest BCUT2D eigenvalue weighted by Gasteiger charge is 2.48. The lowest BCUT2D eigenvalue weighted by molar-refractivity contribution is -0.148. The molecule has 1 aromatic carbocycles. The van der Waals surface area contributed by atoms with Crippen molar-refractivity contribution in [3.63, 3.8) is 0 Å². The van der Waals surface area contributed by atoms with Crippen molar-refractivity contribution in [3.05, 3.63) is 33.8 Å². The van der Waals surface area contributed by atoms with Crippen LogP contribution in [0.5, 0.6) is 0 Å². The molecule has 0 bridgehead atoms. The zero-order valence-electron chi connectivity index (χ0n) is 11.8. The number of piperidine rings is 1. The molecule has 114 valence electrons. The van der Waals surface area contributed by atoms with Crippen molar-refractivity contribution in [3.8, 4) is 0 Å². The number of halogens is 2. The number of hydrogen-bond donors (Lipinski definition) is 1. The number of carbonyl (C=O) groups excluding carboxylic acids is 1. The third-order valence-corrected chi connectivity index (χ3v) is 5.56. The first kappa shape index (κ1) is 15.1. The first-order chi connectivity index (χ1) is 10.0. The van der Waals surface area contributed by atoms with Crippen LogP contribution in [0.15, 0.2) is 18.2 Å². The van der Waals surface area contributed by atoms with Crippen LogP contribution in [0.1, 0.15) is 37.7 Å². The summed E-state index contributed by atoms with van der Waals surface area (Å²) in [5.41, 5.74) is 0.578. The van der Waals surface area contributed by atoms with E-state index < -0.39 is 0 Å². The molecule has 1 spiro atoms.